The van der Waals surface area contributed by atoms with E-state index in [-0.39, 0.29) is 5.60 Å². The third kappa shape index (κ3) is 6.61. The van der Waals surface area contributed by atoms with E-state index in [1.807, 2.05) is 20.9 Å². The minimum Gasteiger partial charge on any atom is -0.402 e. The number of likely N-dealkylation sites (N-methyl/N-ethyl adjacent to an activating group) is 1. The summed E-state index contributed by atoms with van der Waals surface area (Å²) in [5, 5.41) is 3.11. The molecule has 0 rings (SSSR count). The molecular weight excluding hydrogens is 164 g/mol. The zero-order valence-corrected chi connectivity index (χ0v) is 9.18. The van der Waals surface area contributed by atoms with E-state index in [2.05, 4.69) is 18.8 Å². The molecule has 0 aromatic rings. The molecule has 0 amide bonds. The van der Waals surface area contributed by atoms with Gasteiger partial charge in [0.2, 0.25) is 0 Å². The minimum absolute atomic E-state index is 0.211. The fourth-order valence-electron chi connectivity index (χ4n) is 1.03. The van der Waals surface area contributed by atoms with E-state index in [9.17, 15) is 0 Å². The molecule has 0 aromatic heterocycles. The molecule has 1 unspecified atom stereocenters. The van der Waals surface area contributed by atoms with Crippen molar-refractivity contribution in [1.82, 2.24) is 5.32 Å². The average Bonchev–Trinajstić information content (AvgIpc) is 1.98. The van der Waals surface area contributed by atoms with Crippen LogP contribution < -0.4 is 11.1 Å². The Labute approximate surface area is 81.3 Å². The Kier molecular flexibility index (Phi) is 5.03. The lowest BCUT2D eigenvalue weighted by Crippen LogP contribution is -2.34. The third-order valence-corrected chi connectivity index (χ3v) is 1.87. The molecule has 0 aromatic carbocycles. The van der Waals surface area contributed by atoms with Gasteiger partial charge in [0, 0.05) is 18.2 Å². The van der Waals surface area contributed by atoms with Crippen molar-refractivity contribution >= 4 is 0 Å². The van der Waals surface area contributed by atoms with Gasteiger partial charge in [-0.15, -0.1) is 0 Å². The van der Waals surface area contributed by atoms with Gasteiger partial charge in [0.25, 0.3) is 0 Å². The van der Waals surface area contributed by atoms with Crippen LogP contribution in [-0.4, -0.2) is 25.3 Å². The molecule has 0 radical (unpaired) electrons. The zero-order chi connectivity index (χ0) is 10.5. The summed E-state index contributed by atoms with van der Waals surface area (Å²) in [6.07, 6.45) is 0.698. The minimum atomic E-state index is -0.211. The number of hydrogen-bond acceptors (Lipinski definition) is 3. The van der Waals surface area contributed by atoms with Crippen LogP contribution in [0.5, 0.6) is 0 Å². The maximum absolute atomic E-state index is 5.69. The van der Waals surface area contributed by atoms with Crippen LogP contribution in [0, 0.1) is 0 Å². The predicted molar refractivity (Wildman–Crippen MR) is 56.5 cm³/mol. The molecule has 3 heteroatoms. The van der Waals surface area contributed by atoms with Crippen LogP contribution in [-0.2, 0) is 4.74 Å². The SMILES string of the molecule is C=C(N)CC(C)(C)OCC(C)NC. The molecule has 3 N–H and O–H groups in total. The molecule has 0 aliphatic rings. The number of ether oxygens (including phenoxy) is 1. The molecule has 0 saturated carbocycles. The van der Waals surface area contributed by atoms with Gasteiger partial charge in [0.15, 0.2) is 0 Å². The molecule has 0 heterocycles. The van der Waals surface area contributed by atoms with Crippen LogP contribution in [0.1, 0.15) is 27.2 Å². The highest BCUT2D eigenvalue weighted by Gasteiger charge is 2.19. The highest BCUT2D eigenvalue weighted by Crippen LogP contribution is 2.16. The Morgan fingerprint density at radius 1 is 1.62 bits per heavy atom. The van der Waals surface area contributed by atoms with Crippen molar-refractivity contribution in [2.75, 3.05) is 13.7 Å². The highest BCUT2D eigenvalue weighted by molar-refractivity contribution is 4.93. The van der Waals surface area contributed by atoms with Gasteiger partial charge in [-0.05, 0) is 27.8 Å². The Morgan fingerprint density at radius 2 is 2.15 bits per heavy atom. The fraction of sp³-hybridized carbons (Fsp3) is 0.800. The van der Waals surface area contributed by atoms with Crippen LogP contribution in [0.15, 0.2) is 12.3 Å². The maximum atomic E-state index is 5.69. The van der Waals surface area contributed by atoms with Crippen molar-refractivity contribution in [3.63, 3.8) is 0 Å². The second-order valence-electron chi connectivity index (χ2n) is 4.10. The van der Waals surface area contributed by atoms with Gasteiger partial charge in [0.05, 0.1) is 12.2 Å². The summed E-state index contributed by atoms with van der Waals surface area (Å²) in [5.74, 6) is 0. The molecule has 0 aliphatic carbocycles. The van der Waals surface area contributed by atoms with Crippen molar-refractivity contribution in [3.05, 3.63) is 12.3 Å². The standard InChI is InChI=1S/C10H22N2O/c1-8(11)6-10(3,4)13-7-9(2)12-5/h9,12H,1,6-7,11H2,2-5H3. The summed E-state index contributed by atoms with van der Waals surface area (Å²) in [6.45, 7) is 10.5. The maximum Gasteiger partial charge on any atom is 0.0681 e. The normalized spacial score (nSPS) is 14.2. The predicted octanol–water partition coefficient (Wildman–Crippen LogP) is 1.25. The van der Waals surface area contributed by atoms with E-state index in [1.54, 1.807) is 0 Å². The number of nitrogens with two attached hydrogens (primary N) is 1. The summed E-state index contributed by atoms with van der Waals surface area (Å²) in [4.78, 5) is 0. The van der Waals surface area contributed by atoms with Gasteiger partial charge in [-0.2, -0.15) is 0 Å². The lowest BCUT2D eigenvalue weighted by atomic mass is 10.0. The molecule has 3 nitrogen and oxygen atoms in total. The largest absolute Gasteiger partial charge is 0.402 e. The Morgan fingerprint density at radius 3 is 2.54 bits per heavy atom. The van der Waals surface area contributed by atoms with Crippen molar-refractivity contribution < 1.29 is 4.74 Å². The van der Waals surface area contributed by atoms with Gasteiger partial charge in [0.1, 0.15) is 0 Å². The van der Waals surface area contributed by atoms with Crippen LogP contribution in [0.4, 0.5) is 0 Å². The molecular formula is C10H22N2O. The molecule has 1 atom stereocenters. The van der Waals surface area contributed by atoms with E-state index < -0.39 is 0 Å². The van der Waals surface area contributed by atoms with E-state index in [0.29, 0.717) is 24.8 Å². The molecule has 0 aliphatic heterocycles. The van der Waals surface area contributed by atoms with Gasteiger partial charge in [-0.25, -0.2) is 0 Å². The third-order valence-electron chi connectivity index (χ3n) is 1.87. The van der Waals surface area contributed by atoms with E-state index in [0.717, 1.165) is 0 Å². The van der Waals surface area contributed by atoms with Crippen LogP contribution in [0.25, 0.3) is 0 Å². The number of nitrogens with one attached hydrogen (secondary N) is 1. The van der Waals surface area contributed by atoms with Gasteiger partial charge in [-0.1, -0.05) is 6.58 Å². The topological polar surface area (TPSA) is 47.3 Å². The Hall–Kier alpha value is -0.540. The molecule has 13 heavy (non-hydrogen) atoms. The summed E-state index contributed by atoms with van der Waals surface area (Å²) >= 11 is 0. The first kappa shape index (κ1) is 12.5. The van der Waals surface area contributed by atoms with Gasteiger partial charge < -0.3 is 15.8 Å². The molecule has 0 bridgehead atoms. The van der Waals surface area contributed by atoms with Crippen LogP contribution >= 0.6 is 0 Å². The first-order valence-corrected chi connectivity index (χ1v) is 4.62. The van der Waals surface area contributed by atoms with Crippen molar-refractivity contribution in [1.29, 1.82) is 0 Å². The fourth-order valence-corrected chi connectivity index (χ4v) is 1.03. The van der Waals surface area contributed by atoms with Gasteiger partial charge in [-0.3, -0.25) is 0 Å². The first-order valence-electron chi connectivity index (χ1n) is 4.62. The summed E-state index contributed by atoms with van der Waals surface area (Å²) < 4.78 is 5.69. The molecule has 0 fully saturated rings. The van der Waals surface area contributed by atoms with Crippen molar-refractivity contribution in [2.45, 2.75) is 38.8 Å². The molecule has 78 valence electrons. The quantitative estimate of drug-likeness (QED) is 0.656. The highest BCUT2D eigenvalue weighted by atomic mass is 16.5. The summed E-state index contributed by atoms with van der Waals surface area (Å²) in [6, 6.07) is 0.366. The Bertz CT molecular complexity index is 166. The van der Waals surface area contributed by atoms with Crippen molar-refractivity contribution in [3.8, 4) is 0 Å². The average molecular weight is 186 g/mol. The first-order chi connectivity index (χ1) is 5.87. The van der Waals surface area contributed by atoms with Crippen LogP contribution in [0.2, 0.25) is 0 Å². The number of hydrogen-bond donors (Lipinski definition) is 2. The zero-order valence-electron chi connectivity index (χ0n) is 9.18. The number of rotatable bonds is 6. The van der Waals surface area contributed by atoms with Crippen molar-refractivity contribution in [2.24, 2.45) is 5.73 Å². The lowest BCUT2D eigenvalue weighted by Gasteiger charge is -2.27. The monoisotopic (exact) mass is 186 g/mol. The van der Waals surface area contributed by atoms with Crippen LogP contribution in [0.3, 0.4) is 0 Å². The second-order valence-corrected chi connectivity index (χ2v) is 4.10. The Balaban J connectivity index is 3.81. The van der Waals surface area contributed by atoms with E-state index in [4.69, 9.17) is 10.5 Å². The molecule has 0 saturated heterocycles. The second kappa shape index (κ2) is 5.25. The summed E-state index contributed by atoms with van der Waals surface area (Å²) in [5.41, 5.74) is 5.98. The lowest BCUT2D eigenvalue weighted by molar-refractivity contribution is -0.0248. The van der Waals surface area contributed by atoms with E-state index >= 15 is 0 Å². The van der Waals surface area contributed by atoms with Gasteiger partial charge >= 0.3 is 0 Å². The smallest absolute Gasteiger partial charge is 0.0681 e. The summed E-state index contributed by atoms with van der Waals surface area (Å²) in [7, 11) is 1.92. The molecule has 0 spiro atoms. The van der Waals surface area contributed by atoms with E-state index in [1.165, 1.54) is 0 Å².